The first-order chi connectivity index (χ1) is 10.7. The van der Waals surface area contributed by atoms with Crippen LogP contribution in [0.5, 0.6) is 0 Å². The van der Waals surface area contributed by atoms with Crippen molar-refractivity contribution in [2.45, 2.75) is 12.1 Å². The van der Waals surface area contributed by atoms with Gasteiger partial charge in [0.25, 0.3) is 0 Å². The van der Waals surface area contributed by atoms with Crippen LogP contribution in [0.25, 0.3) is 0 Å². The lowest BCUT2D eigenvalue weighted by Crippen LogP contribution is -2.42. The van der Waals surface area contributed by atoms with Gasteiger partial charge in [-0.2, -0.15) is 0 Å². The highest BCUT2D eigenvalue weighted by molar-refractivity contribution is 7.13. The lowest BCUT2D eigenvalue weighted by atomic mass is 9.99. The minimum Gasteiger partial charge on any atom is -0.378 e. The van der Waals surface area contributed by atoms with E-state index in [2.05, 4.69) is 19.4 Å². The zero-order chi connectivity index (χ0) is 15.5. The van der Waals surface area contributed by atoms with Crippen molar-refractivity contribution in [3.63, 3.8) is 0 Å². The summed E-state index contributed by atoms with van der Waals surface area (Å²) in [5.41, 5.74) is 1.29. The summed E-state index contributed by atoms with van der Waals surface area (Å²) in [6.45, 7) is 3.40. The van der Waals surface area contributed by atoms with Gasteiger partial charge < -0.3 is 14.4 Å². The Bertz CT molecular complexity index is 564. The van der Waals surface area contributed by atoms with Gasteiger partial charge in [-0.15, -0.1) is 0 Å². The molecule has 1 N–H and O–H groups in total. The lowest BCUT2D eigenvalue weighted by Gasteiger charge is -2.37. The number of nitrogens with zero attached hydrogens (tertiary/aromatic N) is 1. The second-order valence-electron chi connectivity index (χ2n) is 5.35. The third-order valence-corrected chi connectivity index (χ3v) is 4.37. The van der Waals surface area contributed by atoms with Crippen molar-refractivity contribution in [1.29, 1.82) is 0 Å². The maximum atomic E-state index is 14.0. The Labute approximate surface area is 130 Å². The molecule has 3 atom stereocenters. The Hall–Kier alpha value is -1.07. The van der Waals surface area contributed by atoms with Gasteiger partial charge >= 0.3 is 0 Å². The monoisotopic (exact) mass is 328 g/mol. The fraction of sp³-hybridized carbons (Fsp3) is 0.467. The molecule has 1 unspecified atom stereocenters. The van der Waals surface area contributed by atoms with E-state index in [-0.39, 0.29) is 11.6 Å². The number of hydrogen-bond acceptors (Lipinski definition) is 4. The first-order valence-corrected chi connectivity index (χ1v) is 7.83. The van der Waals surface area contributed by atoms with Crippen LogP contribution in [-0.2, 0) is 9.47 Å². The largest absolute Gasteiger partial charge is 0.378 e. The molecule has 2 aliphatic heterocycles. The summed E-state index contributed by atoms with van der Waals surface area (Å²) in [5, 5.41) is 3.04. The van der Waals surface area contributed by atoms with Crippen LogP contribution in [0.3, 0.4) is 0 Å². The Morgan fingerprint density at radius 3 is 2.73 bits per heavy atom. The van der Waals surface area contributed by atoms with Crippen LogP contribution in [0.15, 0.2) is 30.0 Å². The number of benzene rings is 1. The van der Waals surface area contributed by atoms with Gasteiger partial charge in [0.1, 0.15) is 17.7 Å². The highest BCUT2D eigenvalue weighted by atomic mass is 31.0. The molecule has 0 aromatic heterocycles. The summed E-state index contributed by atoms with van der Waals surface area (Å²) in [4.78, 5) is 2.21. The Balaban J connectivity index is 1.83. The molecule has 0 spiro atoms. The minimum absolute atomic E-state index is 0.234. The fourth-order valence-corrected chi connectivity index (χ4v) is 3.09. The van der Waals surface area contributed by atoms with E-state index < -0.39 is 17.7 Å². The van der Waals surface area contributed by atoms with E-state index in [9.17, 15) is 8.78 Å². The van der Waals surface area contributed by atoms with Gasteiger partial charge in [0, 0.05) is 24.4 Å². The zero-order valence-corrected chi connectivity index (χ0v) is 13.3. The smallest absolute Gasteiger partial charge is 0.129 e. The molecule has 4 nitrogen and oxygen atoms in total. The topological polar surface area (TPSA) is 33.7 Å². The summed E-state index contributed by atoms with van der Waals surface area (Å²) in [6.07, 6.45) is 1.47. The van der Waals surface area contributed by atoms with Crippen LogP contribution in [0.1, 0.15) is 11.7 Å². The summed E-state index contributed by atoms with van der Waals surface area (Å²) in [7, 11) is 2.42. The van der Waals surface area contributed by atoms with E-state index in [1.165, 1.54) is 6.07 Å². The van der Waals surface area contributed by atoms with E-state index in [1.807, 2.05) is 6.08 Å². The second kappa shape index (κ2) is 7.01. The van der Waals surface area contributed by atoms with E-state index in [0.29, 0.717) is 19.8 Å². The fourth-order valence-electron chi connectivity index (χ4n) is 2.82. The van der Waals surface area contributed by atoms with Crippen molar-refractivity contribution in [1.82, 2.24) is 9.99 Å². The number of hydrogen-bond donors (Lipinski definition) is 1. The number of rotatable bonds is 3. The average Bonchev–Trinajstić information content (AvgIpc) is 2.57. The maximum Gasteiger partial charge on any atom is 0.129 e. The second-order valence-corrected chi connectivity index (χ2v) is 5.68. The van der Waals surface area contributed by atoms with Gasteiger partial charge in [-0.3, -0.25) is 5.09 Å². The van der Waals surface area contributed by atoms with Crippen molar-refractivity contribution in [3.8, 4) is 0 Å². The zero-order valence-electron chi connectivity index (χ0n) is 12.1. The number of ether oxygens (including phenoxy) is 2. The third-order valence-electron chi connectivity index (χ3n) is 3.98. The summed E-state index contributed by atoms with van der Waals surface area (Å²) >= 11 is 0. The van der Waals surface area contributed by atoms with E-state index >= 15 is 0 Å². The molecule has 22 heavy (non-hydrogen) atoms. The molecule has 0 amide bonds. The lowest BCUT2D eigenvalue weighted by molar-refractivity contribution is 0.00660. The van der Waals surface area contributed by atoms with Gasteiger partial charge in [-0.25, -0.2) is 8.78 Å². The SMILES string of the molecule is Fc1ccc(F)c([C@H]2OCC(N3CCOCC3)=C[C@@H]2NP)c1. The van der Waals surface area contributed by atoms with Gasteiger partial charge in [0.05, 0.1) is 25.9 Å². The Morgan fingerprint density at radius 1 is 1.23 bits per heavy atom. The van der Waals surface area contributed by atoms with Crippen LogP contribution >= 0.6 is 9.39 Å². The van der Waals surface area contributed by atoms with Crippen LogP contribution in [-0.4, -0.2) is 43.9 Å². The Kier molecular flexibility index (Phi) is 5.03. The van der Waals surface area contributed by atoms with Gasteiger partial charge in [0.15, 0.2) is 0 Å². The molecule has 1 saturated heterocycles. The molecule has 120 valence electrons. The van der Waals surface area contributed by atoms with E-state index in [0.717, 1.165) is 30.9 Å². The van der Waals surface area contributed by atoms with Crippen molar-refractivity contribution < 1.29 is 18.3 Å². The van der Waals surface area contributed by atoms with Crippen molar-refractivity contribution in [2.24, 2.45) is 0 Å². The van der Waals surface area contributed by atoms with E-state index in [4.69, 9.17) is 9.47 Å². The maximum absolute atomic E-state index is 14.0. The summed E-state index contributed by atoms with van der Waals surface area (Å²) < 4.78 is 38.6. The molecule has 2 heterocycles. The summed E-state index contributed by atoms with van der Waals surface area (Å²) in [5.74, 6) is -0.926. The van der Waals surface area contributed by atoms with Crippen molar-refractivity contribution in [3.05, 3.63) is 47.2 Å². The predicted molar refractivity (Wildman–Crippen MR) is 82.2 cm³/mol. The molecule has 0 bridgehead atoms. The molecule has 0 aliphatic carbocycles. The molecule has 1 aromatic carbocycles. The summed E-state index contributed by atoms with van der Waals surface area (Å²) in [6, 6.07) is 3.20. The molecule has 7 heteroatoms. The molecule has 3 rings (SSSR count). The van der Waals surface area contributed by atoms with Crippen LogP contribution < -0.4 is 5.09 Å². The van der Waals surface area contributed by atoms with Crippen molar-refractivity contribution >= 4 is 9.39 Å². The Morgan fingerprint density at radius 2 is 2.00 bits per heavy atom. The molecular weight excluding hydrogens is 309 g/mol. The number of halogens is 2. The van der Waals surface area contributed by atoms with E-state index in [1.54, 1.807) is 0 Å². The minimum atomic E-state index is -0.557. The molecule has 1 aromatic rings. The van der Waals surface area contributed by atoms with Crippen LogP contribution in [0, 0.1) is 11.6 Å². The molecule has 1 fully saturated rings. The van der Waals surface area contributed by atoms with Crippen molar-refractivity contribution in [2.75, 3.05) is 32.9 Å². The molecular formula is C15H19F2N2O2P. The van der Waals surface area contributed by atoms with Gasteiger partial charge in [0.2, 0.25) is 0 Å². The number of nitrogens with one attached hydrogen (secondary N) is 1. The third kappa shape index (κ3) is 3.30. The van der Waals surface area contributed by atoms with Crippen LogP contribution in [0.4, 0.5) is 8.78 Å². The van der Waals surface area contributed by atoms with Gasteiger partial charge in [-0.05, 0) is 24.3 Å². The van der Waals surface area contributed by atoms with Crippen LogP contribution in [0.2, 0.25) is 0 Å². The number of morpholine rings is 1. The highest BCUT2D eigenvalue weighted by Crippen LogP contribution is 2.31. The molecule has 0 saturated carbocycles. The predicted octanol–water partition coefficient (Wildman–Crippen LogP) is 2.00. The standard InChI is InChI=1S/C15H19F2N2O2P/c16-10-1-2-13(17)12(7-10)15-14(18-22)8-11(9-21-15)19-3-5-20-6-4-19/h1-2,7-8,14-15,18H,3-6,9,22H2/t14-,15+/m0/s1. The first kappa shape index (κ1) is 15.8. The normalized spacial score (nSPS) is 26.0. The van der Waals surface area contributed by atoms with Gasteiger partial charge in [-0.1, -0.05) is 9.39 Å². The molecule has 0 radical (unpaired) electrons. The highest BCUT2D eigenvalue weighted by Gasteiger charge is 2.30. The average molecular weight is 328 g/mol. The molecule has 2 aliphatic rings. The quantitative estimate of drug-likeness (QED) is 0.861. The first-order valence-electron chi connectivity index (χ1n) is 7.25.